The Morgan fingerprint density at radius 3 is 2.37 bits per heavy atom. The lowest BCUT2D eigenvalue weighted by Gasteiger charge is -2.14. The van der Waals surface area contributed by atoms with Crippen LogP contribution in [0.3, 0.4) is 0 Å². The van der Waals surface area contributed by atoms with Gasteiger partial charge in [-0.25, -0.2) is 4.79 Å². The molecule has 0 aliphatic heterocycles. The van der Waals surface area contributed by atoms with E-state index in [1.807, 2.05) is 75.4 Å². The van der Waals surface area contributed by atoms with E-state index in [1.54, 1.807) is 11.6 Å². The number of aryl methyl sites for hydroxylation is 2. The van der Waals surface area contributed by atoms with E-state index in [-0.39, 0.29) is 18.6 Å². The Bertz CT molecular complexity index is 1020. The standard InChI is InChI=1S/C24H27N3O3/c1-16-10-12-20(13-11-16)14-27-19(4)23(18(3)26-27)24(29)30-15-22(28)25-17(2)21-8-6-5-7-9-21/h5-13,17H,14-15H2,1-4H3,(H,25,28)/t17-/m1/s1. The Balaban J connectivity index is 1.60. The molecular weight excluding hydrogens is 378 g/mol. The number of carbonyl (C=O) groups is 2. The zero-order chi connectivity index (χ0) is 21.7. The summed E-state index contributed by atoms with van der Waals surface area (Å²) in [6.07, 6.45) is 0. The molecule has 0 bridgehead atoms. The van der Waals surface area contributed by atoms with Crippen molar-refractivity contribution in [2.75, 3.05) is 6.61 Å². The Labute approximate surface area is 176 Å². The summed E-state index contributed by atoms with van der Waals surface area (Å²) in [6.45, 7) is 7.76. The first kappa shape index (κ1) is 21.3. The second-order valence-electron chi connectivity index (χ2n) is 7.47. The highest BCUT2D eigenvalue weighted by Gasteiger charge is 2.21. The van der Waals surface area contributed by atoms with E-state index in [0.717, 1.165) is 16.8 Å². The van der Waals surface area contributed by atoms with Gasteiger partial charge in [0.05, 0.1) is 24.0 Å². The summed E-state index contributed by atoms with van der Waals surface area (Å²) in [6, 6.07) is 17.6. The molecule has 6 heteroatoms. The van der Waals surface area contributed by atoms with Crippen molar-refractivity contribution in [3.05, 3.63) is 88.2 Å². The molecule has 0 aliphatic rings. The van der Waals surface area contributed by atoms with Crippen molar-refractivity contribution in [1.82, 2.24) is 15.1 Å². The van der Waals surface area contributed by atoms with Crippen LogP contribution in [0.5, 0.6) is 0 Å². The lowest BCUT2D eigenvalue weighted by molar-refractivity contribution is -0.124. The van der Waals surface area contributed by atoms with Crippen LogP contribution < -0.4 is 5.32 Å². The molecular formula is C24H27N3O3. The van der Waals surface area contributed by atoms with Crippen LogP contribution in [0.2, 0.25) is 0 Å². The van der Waals surface area contributed by atoms with E-state index in [0.29, 0.717) is 17.8 Å². The van der Waals surface area contributed by atoms with Gasteiger partial charge in [0.15, 0.2) is 6.61 Å². The van der Waals surface area contributed by atoms with Gasteiger partial charge in [-0.2, -0.15) is 5.10 Å². The monoisotopic (exact) mass is 405 g/mol. The molecule has 3 rings (SSSR count). The van der Waals surface area contributed by atoms with Crippen molar-refractivity contribution in [2.45, 2.75) is 40.3 Å². The van der Waals surface area contributed by atoms with Gasteiger partial charge in [-0.1, -0.05) is 60.2 Å². The molecule has 0 radical (unpaired) electrons. The van der Waals surface area contributed by atoms with E-state index in [4.69, 9.17) is 4.74 Å². The third-order valence-electron chi connectivity index (χ3n) is 5.05. The number of rotatable bonds is 7. The topological polar surface area (TPSA) is 73.2 Å². The third-order valence-corrected chi connectivity index (χ3v) is 5.05. The molecule has 3 aromatic rings. The SMILES string of the molecule is Cc1ccc(Cn2nc(C)c(C(=O)OCC(=O)N[C@H](C)c3ccccc3)c2C)cc1. The van der Waals surface area contributed by atoms with Crippen LogP contribution in [0.4, 0.5) is 0 Å². The average Bonchev–Trinajstić information content (AvgIpc) is 3.01. The van der Waals surface area contributed by atoms with E-state index >= 15 is 0 Å². The molecule has 0 saturated heterocycles. The van der Waals surface area contributed by atoms with Gasteiger partial charge in [0, 0.05) is 0 Å². The maximum absolute atomic E-state index is 12.6. The number of carbonyl (C=O) groups excluding carboxylic acids is 2. The van der Waals surface area contributed by atoms with Gasteiger partial charge in [0.1, 0.15) is 5.56 Å². The molecule has 0 unspecified atom stereocenters. The number of nitrogens with zero attached hydrogens (tertiary/aromatic N) is 2. The van der Waals surface area contributed by atoms with E-state index in [1.165, 1.54) is 5.56 Å². The number of nitrogens with one attached hydrogen (secondary N) is 1. The van der Waals surface area contributed by atoms with Crippen LogP contribution >= 0.6 is 0 Å². The van der Waals surface area contributed by atoms with Crippen LogP contribution in [0, 0.1) is 20.8 Å². The highest BCUT2D eigenvalue weighted by molar-refractivity contribution is 5.93. The van der Waals surface area contributed by atoms with Crippen LogP contribution in [0.15, 0.2) is 54.6 Å². The average molecular weight is 405 g/mol. The minimum atomic E-state index is -0.539. The van der Waals surface area contributed by atoms with Gasteiger partial charge in [0.2, 0.25) is 0 Å². The van der Waals surface area contributed by atoms with Crippen molar-refractivity contribution in [2.24, 2.45) is 0 Å². The van der Waals surface area contributed by atoms with Crippen molar-refractivity contribution < 1.29 is 14.3 Å². The zero-order valence-corrected chi connectivity index (χ0v) is 17.8. The van der Waals surface area contributed by atoms with Crippen LogP contribution in [-0.4, -0.2) is 28.3 Å². The fraction of sp³-hybridized carbons (Fsp3) is 0.292. The number of benzene rings is 2. The third kappa shape index (κ3) is 5.14. The molecule has 2 aromatic carbocycles. The van der Waals surface area contributed by atoms with Gasteiger partial charge in [0.25, 0.3) is 5.91 Å². The van der Waals surface area contributed by atoms with Crippen molar-refractivity contribution in [3.8, 4) is 0 Å². The second-order valence-corrected chi connectivity index (χ2v) is 7.47. The molecule has 1 aromatic heterocycles. The van der Waals surface area contributed by atoms with Crippen molar-refractivity contribution >= 4 is 11.9 Å². The quantitative estimate of drug-likeness (QED) is 0.605. The minimum absolute atomic E-state index is 0.168. The summed E-state index contributed by atoms with van der Waals surface area (Å²) in [5.74, 6) is -0.885. The first-order chi connectivity index (χ1) is 14.3. The first-order valence-electron chi connectivity index (χ1n) is 9.96. The molecule has 6 nitrogen and oxygen atoms in total. The highest BCUT2D eigenvalue weighted by Crippen LogP contribution is 2.17. The zero-order valence-electron chi connectivity index (χ0n) is 17.8. The molecule has 0 spiro atoms. The molecule has 1 N–H and O–H groups in total. The van der Waals surface area contributed by atoms with E-state index in [9.17, 15) is 9.59 Å². The Morgan fingerprint density at radius 1 is 1.03 bits per heavy atom. The summed E-state index contributed by atoms with van der Waals surface area (Å²) in [7, 11) is 0. The second kappa shape index (κ2) is 9.39. The number of hydrogen-bond acceptors (Lipinski definition) is 4. The fourth-order valence-corrected chi connectivity index (χ4v) is 3.32. The Morgan fingerprint density at radius 2 is 1.70 bits per heavy atom. The molecule has 0 saturated carbocycles. The largest absolute Gasteiger partial charge is 0.452 e. The normalized spacial score (nSPS) is 11.7. The lowest BCUT2D eigenvalue weighted by Crippen LogP contribution is -2.31. The predicted octanol–water partition coefficient (Wildman–Crippen LogP) is 3.89. The molecule has 30 heavy (non-hydrogen) atoms. The fourth-order valence-electron chi connectivity index (χ4n) is 3.32. The number of esters is 1. The maximum atomic E-state index is 12.6. The molecule has 1 atom stereocenters. The molecule has 156 valence electrons. The number of amides is 1. The number of hydrogen-bond donors (Lipinski definition) is 1. The lowest BCUT2D eigenvalue weighted by atomic mass is 10.1. The smallest absolute Gasteiger partial charge is 0.342 e. The minimum Gasteiger partial charge on any atom is -0.452 e. The van der Waals surface area contributed by atoms with Gasteiger partial charge in [-0.3, -0.25) is 9.48 Å². The Kier molecular flexibility index (Phi) is 6.67. The van der Waals surface area contributed by atoms with Gasteiger partial charge < -0.3 is 10.1 Å². The molecule has 0 fully saturated rings. The van der Waals surface area contributed by atoms with Crippen LogP contribution in [0.1, 0.15) is 51.4 Å². The van der Waals surface area contributed by atoms with E-state index in [2.05, 4.69) is 10.4 Å². The summed E-state index contributed by atoms with van der Waals surface area (Å²) >= 11 is 0. The van der Waals surface area contributed by atoms with E-state index < -0.39 is 5.97 Å². The predicted molar refractivity (Wildman–Crippen MR) is 115 cm³/mol. The molecule has 1 heterocycles. The summed E-state index contributed by atoms with van der Waals surface area (Å²) in [5, 5.41) is 7.32. The van der Waals surface area contributed by atoms with Gasteiger partial charge >= 0.3 is 5.97 Å². The van der Waals surface area contributed by atoms with Gasteiger partial charge in [-0.05, 0) is 38.8 Å². The van der Waals surface area contributed by atoms with Crippen molar-refractivity contribution in [3.63, 3.8) is 0 Å². The number of ether oxygens (including phenoxy) is 1. The van der Waals surface area contributed by atoms with Crippen molar-refractivity contribution in [1.29, 1.82) is 0 Å². The molecule has 1 amide bonds. The van der Waals surface area contributed by atoms with Crippen LogP contribution in [-0.2, 0) is 16.1 Å². The van der Waals surface area contributed by atoms with Gasteiger partial charge in [-0.15, -0.1) is 0 Å². The Hall–Kier alpha value is -3.41. The summed E-state index contributed by atoms with van der Waals surface area (Å²) in [4.78, 5) is 24.8. The highest BCUT2D eigenvalue weighted by atomic mass is 16.5. The van der Waals surface area contributed by atoms with Crippen LogP contribution in [0.25, 0.3) is 0 Å². The number of aromatic nitrogens is 2. The first-order valence-corrected chi connectivity index (χ1v) is 9.96. The summed E-state index contributed by atoms with van der Waals surface area (Å²) < 4.78 is 7.05. The molecule has 0 aliphatic carbocycles. The maximum Gasteiger partial charge on any atom is 0.342 e. The summed E-state index contributed by atoms with van der Waals surface area (Å²) in [5.41, 5.74) is 4.99.